The molecule has 0 spiro atoms. The molecule has 9 heteroatoms. The first kappa shape index (κ1) is 19.3. The Hall–Kier alpha value is 0.206. The number of carbonyl (C=O) groups excluding carboxylic acids is 1. The van der Waals surface area contributed by atoms with E-state index in [9.17, 15) is 9.90 Å². The Kier molecular flexibility index (Phi) is 7.49. The molecule has 1 amide bonds. The van der Waals surface area contributed by atoms with Crippen LogP contribution in [0, 0.1) is 0 Å². The molecule has 1 heterocycles. The maximum atomic E-state index is 12.1. The zero-order valence-corrected chi connectivity index (χ0v) is 16.6. The largest absolute Gasteiger partial charge is 1.00 e. The average molecular weight is 374 g/mol. The minimum Gasteiger partial charge on any atom is -0.877 e. The number of ether oxygens (including phenoxy) is 1. The maximum Gasteiger partial charge on any atom is 1.00 e. The molecule has 5 nitrogen and oxygen atoms in total. The molecule has 0 atom stereocenters. The topological polar surface area (TPSA) is 65.0 Å². The van der Waals surface area contributed by atoms with E-state index in [2.05, 4.69) is 5.10 Å². The van der Waals surface area contributed by atoms with Crippen molar-refractivity contribution in [1.29, 1.82) is 0 Å². The minimum absolute atomic E-state index is 0. The Morgan fingerprint density at radius 3 is 2.38 bits per heavy atom. The monoisotopic (exact) mass is 372 g/mol. The van der Waals surface area contributed by atoms with Gasteiger partial charge in [0.15, 0.2) is 0 Å². The number of carbonyl (C=O) groups is 1. The van der Waals surface area contributed by atoms with Crippen LogP contribution in [0.25, 0.3) is 0 Å². The van der Waals surface area contributed by atoms with Crippen molar-refractivity contribution in [3.8, 4) is 0 Å². The van der Waals surface area contributed by atoms with E-state index in [1.807, 2.05) is 0 Å². The average Bonchev–Trinajstić information content (AvgIpc) is 2.65. The fourth-order valence-corrected chi connectivity index (χ4v) is 2.61. The molecule has 2 rings (SSSR count). The number of anilines is 1. The summed E-state index contributed by atoms with van der Waals surface area (Å²) in [5.41, 5.74) is -0.0364. The molecular weight excluding hydrogens is 366 g/mol. The SMILES string of the molecule is CCOC1=NN(c2c(Cl)cc(Cl)cc2Cl)C(=O)/C1=C/[O-].[K+]. The predicted molar refractivity (Wildman–Crippen MR) is 76.1 cm³/mol. The fourth-order valence-electron chi connectivity index (χ4n) is 1.63. The van der Waals surface area contributed by atoms with Crippen LogP contribution in [0.4, 0.5) is 5.69 Å². The van der Waals surface area contributed by atoms with Crippen molar-refractivity contribution >= 4 is 52.3 Å². The van der Waals surface area contributed by atoms with Gasteiger partial charge in [-0.15, -0.1) is 11.4 Å². The fraction of sp³-hybridized carbons (Fsp3) is 0.167. The first-order chi connectivity index (χ1) is 9.49. The number of hydrogen-bond donors (Lipinski definition) is 0. The molecule has 0 fully saturated rings. The smallest absolute Gasteiger partial charge is 0.877 e. The predicted octanol–water partition coefficient (Wildman–Crippen LogP) is -0.408. The van der Waals surface area contributed by atoms with E-state index in [1.165, 1.54) is 12.1 Å². The van der Waals surface area contributed by atoms with Gasteiger partial charge in [0.2, 0.25) is 5.90 Å². The van der Waals surface area contributed by atoms with Crippen molar-refractivity contribution in [2.45, 2.75) is 6.92 Å². The van der Waals surface area contributed by atoms with Gasteiger partial charge in [-0.05, 0) is 19.1 Å². The van der Waals surface area contributed by atoms with Gasteiger partial charge in [-0.2, -0.15) is 5.01 Å². The van der Waals surface area contributed by atoms with Crippen LogP contribution in [-0.2, 0) is 9.53 Å². The van der Waals surface area contributed by atoms with Gasteiger partial charge in [-0.3, -0.25) is 4.79 Å². The molecule has 21 heavy (non-hydrogen) atoms. The van der Waals surface area contributed by atoms with Gasteiger partial charge in [-0.1, -0.05) is 34.8 Å². The number of hydrogen-bond acceptors (Lipinski definition) is 4. The molecule has 0 radical (unpaired) electrons. The van der Waals surface area contributed by atoms with E-state index < -0.39 is 5.91 Å². The van der Waals surface area contributed by atoms with Gasteiger partial charge in [0.1, 0.15) is 5.69 Å². The Morgan fingerprint density at radius 1 is 1.33 bits per heavy atom. The van der Waals surface area contributed by atoms with Crippen LogP contribution in [0.15, 0.2) is 29.1 Å². The van der Waals surface area contributed by atoms with Crippen molar-refractivity contribution in [2.75, 3.05) is 11.6 Å². The standard InChI is InChI=1S/C12H9Cl3N2O3.K/c1-2-20-11-7(5-18)12(19)17(16-11)10-8(14)3-6(13)4-9(10)15;/h3-5,18H,2H2,1H3;/q;+1/p-1/b7-5+;. The Bertz CT molecular complexity index is 611. The van der Waals surface area contributed by atoms with Crippen LogP contribution in [0.5, 0.6) is 0 Å². The summed E-state index contributed by atoms with van der Waals surface area (Å²) in [6.45, 7) is 1.97. The number of amides is 1. The molecule has 1 aliphatic rings. The molecule has 0 N–H and O–H groups in total. The summed E-state index contributed by atoms with van der Waals surface area (Å²) >= 11 is 17.9. The molecular formula is C12H8Cl3KN2O3. The molecule has 1 aromatic rings. The van der Waals surface area contributed by atoms with Crippen LogP contribution >= 0.6 is 34.8 Å². The van der Waals surface area contributed by atoms with Gasteiger partial charge in [0, 0.05) is 5.02 Å². The second-order valence-electron chi connectivity index (χ2n) is 3.70. The first-order valence-electron chi connectivity index (χ1n) is 5.52. The summed E-state index contributed by atoms with van der Waals surface area (Å²) in [5.74, 6) is -0.718. The second kappa shape index (κ2) is 8.17. The van der Waals surface area contributed by atoms with Crippen molar-refractivity contribution in [3.63, 3.8) is 0 Å². The molecule has 1 aromatic carbocycles. The summed E-state index contributed by atoms with van der Waals surface area (Å²) < 4.78 is 5.14. The third kappa shape index (κ3) is 3.94. The summed E-state index contributed by atoms with van der Waals surface area (Å²) in [7, 11) is 0. The number of nitrogens with zero attached hydrogens (tertiary/aromatic N) is 2. The minimum atomic E-state index is -0.658. The van der Waals surface area contributed by atoms with Crippen molar-refractivity contribution < 1.29 is 66.0 Å². The Morgan fingerprint density at radius 2 is 1.90 bits per heavy atom. The zero-order chi connectivity index (χ0) is 14.9. The first-order valence-corrected chi connectivity index (χ1v) is 6.65. The van der Waals surface area contributed by atoms with Crippen LogP contribution in [0.2, 0.25) is 15.1 Å². The third-order valence-electron chi connectivity index (χ3n) is 2.44. The van der Waals surface area contributed by atoms with E-state index in [-0.39, 0.29) is 85.2 Å². The summed E-state index contributed by atoms with van der Waals surface area (Å²) in [6, 6.07) is 2.85. The molecule has 0 unspecified atom stereocenters. The molecule has 106 valence electrons. The molecule has 0 saturated heterocycles. The summed E-state index contributed by atoms with van der Waals surface area (Å²) in [6.07, 6.45) is 0.383. The normalized spacial score (nSPS) is 16.0. The second-order valence-corrected chi connectivity index (χ2v) is 4.96. The van der Waals surface area contributed by atoms with E-state index in [0.29, 0.717) is 11.3 Å². The third-order valence-corrected chi connectivity index (χ3v) is 3.23. The zero-order valence-electron chi connectivity index (χ0n) is 11.2. The summed E-state index contributed by atoms with van der Waals surface area (Å²) in [4.78, 5) is 12.1. The number of hydrazone groups is 1. The van der Waals surface area contributed by atoms with Gasteiger partial charge in [0.05, 0.1) is 22.2 Å². The van der Waals surface area contributed by atoms with Gasteiger partial charge < -0.3 is 9.84 Å². The molecule has 0 bridgehead atoms. The van der Waals surface area contributed by atoms with E-state index in [1.54, 1.807) is 6.92 Å². The van der Waals surface area contributed by atoms with Gasteiger partial charge >= 0.3 is 51.4 Å². The number of rotatable bonds is 2. The van der Waals surface area contributed by atoms with Crippen LogP contribution in [0.1, 0.15) is 6.92 Å². The van der Waals surface area contributed by atoms with E-state index in [4.69, 9.17) is 39.5 Å². The number of halogens is 3. The molecule has 0 aliphatic carbocycles. The van der Waals surface area contributed by atoms with Gasteiger partial charge in [0.25, 0.3) is 5.91 Å². The van der Waals surface area contributed by atoms with Crippen LogP contribution < -0.4 is 61.5 Å². The van der Waals surface area contributed by atoms with Gasteiger partial charge in [-0.25, -0.2) is 0 Å². The van der Waals surface area contributed by atoms with Crippen molar-refractivity contribution in [3.05, 3.63) is 39.0 Å². The molecule has 1 aliphatic heterocycles. The maximum absolute atomic E-state index is 12.1. The quantitative estimate of drug-likeness (QED) is 0.402. The van der Waals surface area contributed by atoms with E-state index >= 15 is 0 Å². The summed E-state index contributed by atoms with van der Waals surface area (Å²) in [5, 5.41) is 16.4. The molecule has 0 aromatic heterocycles. The van der Waals surface area contributed by atoms with E-state index in [0.717, 1.165) is 5.01 Å². The van der Waals surface area contributed by atoms with Crippen molar-refractivity contribution in [1.82, 2.24) is 0 Å². The Labute approximate surface area is 178 Å². The van der Waals surface area contributed by atoms with Crippen LogP contribution in [-0.4, -0.2) is 18.4 Å². The number of benzene rings is 1. The van der Waals surface area contributed by atoms with Crippen LogP contribution in [0.3, 0.4) is 0 Å². The van der Waals surface area contributed by atoms with Crippen molar-refractivity contribution in [2.24, 2.45) is 5.10 Å². The Balaban J connectivity index is 0.00000220. The molecule has 0 saturated carbocycles.